The van der Waals surface area contributed by atoms with Crippen LogP contribution in [0.25, 0.3) is 0 Å². The van der Waals surface area contributed by atoms with Crippen molar-refractivity contribution in [1.82, 2.24) is 25.4 Å². The van der Waals surface area contributed by atoms with Crippen molar-refractivity contribution in [2.45, 2.75) is 40.8 Å². The van der Waals surface area contributed by atoms with Crippen LogP contribution in [-0.4, -0.2) is 33.8 Å². The highest BCUT2D eigenvalue weighted by Gasteiger charge is 2.07. The van der Waals surface area contributed by atoms with Crippen LogP contribution in [-0.2, 0) is 13.1 Å². The fourth-order valence-corrected chi connectivity index (χ4v) is 3.14. The van der Waals surface area contributed by atoms with Crippen LogP contribution in [0.2, 0.25) is 0 Å². The summed E-state index contributed by atoms with van der Waals surface area (Å²) in [5.74, 6) is 1.32. The van der Waals surface area contributed by atoms with Crippen LogP contribution in [0.5, 0.6) is 0 Å². The summed E-state index contributed by atoms with van der Waals surface area (Å²) in [7, 11) is 0. The minimum absolute atomic E-state index is 0. The number of nitrogens with zero attached hydrogens (tertiary/aromatic N) is 4. The molecule has 1 atom stereocenters. The van der Waals surface area contributed by atoms with E-state index in [9.17, 15) is 0 Å². The van der Waals surface area contributed by atoms with Gasteiger partial charge in [-0.3, -0.25) is 4.68 Å². The molecule has 0 spiro atoms. The monoisotopic (exact) mass is 462 g/mol. The molecule has 0 fully saturated rings. The molecular weight excluding hydrogens is 435 g/mol. The Balaban J connectivity index is 0.00000288. The third-order valence-corrected chi connectivity index (χ3v) is 4.46. The van der Waals surface area contributed by atoms with Gasteiger partial charge in [-0.05, 0) is 32.8 Å². The Morgan fingerprint density at radius 3 is 2.75 bits per heavy atom. The first-order valence-electron chi connectivity index (χ1n) is 8.01. The Bertz CT molecular complexity index is 623. The highest BCUT2D eigenvalue weighted by Crippen LogP contribution is 2.17. The van der Waals surface area contributed by atoms with Gasteiger partial charge >= 0.3 is 0 Å². The predicted octanol–water partition coefficient (Wildman–Crippen LogP) is 2.97. The molecule has 0 saturated carbocycles. The van der Waals surface area contributed by atoms with Gasteiger partial charge in [-0.25, -0.2) is 9.98 Å². The van der Waals surface area contributed by atoms with Crippen molar-refractivity contribution in [3.8, 4) is 0 Å². The zero-order chi connectivity index (χ0) is 16.7. The standard InChI is InChI=1S/C16H26N6S.HI/c1-5-17-16(19-10-15-13(3)21-14(4)23-15)18-9-12(2)11-22-8-6-7-20-22;/h6-8,12H,5,9-11H2,1-4H3,(H2,17,18,19);1H. The van der Waals surface area contributed by atoms with Crippen LogP contribution in [0.4, 0.5) is 0 Å². The molecule has 0 amide bonds. The number of hydrogen-bond donors (Lipinski definition) is 2. The molecule has 134 valence electrons. The van der Waals surface area contributed by atoms with E-state index >= 15 is 0 Å². The Kier molecular flexibility index (Phi) is 9.27. The molecule has 0 saturated heterocycles. The molecule has 0 aliphatic rings. The molecule has 24 heavy (non-hydrogen) atoms. The van der Waals surface area contributed by atoms with Crippen LogP contribution in [0, 0.1) is 19.8 Å². The van der Waals surface area contributed by atoms with Crippen molar-refractivity contribution >= 4 is 41.3 Å². The van der Waals surface area contributed by atoms with E-state index in [2.05, 4.69) is 39.6 Å². The van der Waals surface area contributed by atoms with Gasteiger partial charge in [-0.2, -0.15) is 5.10 Å². The summed E-state index contributed by atoms with van der Waals surface area (Å²) in [4.78, 5) is 10.3. The second-order valence-corrected chi connectivity index (χ2v) is 6.94. The maximum absolute atomic E-state index is 4.67. The number of guanidine groups is 1. The molecule has 2 rings (SSSR count). The van der Waals surface area contributed by atoms with Gasteiger partial charge in [0.05, 0.1) is 17.2 Å². The number of aryl methyl sites for hydroxylation is 2. The van der Waals surface area contributed by atoms with Crippen LogP contribution >= 0.6 is 35.3 Å². The summed E-state index contributed by atoms with van der Waals surface area (Å²) in [6, 6.07) is 1.95. The van der Waals surface area contributed by atoms with Gasteiger partial charge in [0, 0.05) is 36.9 Å². The van der Waals surface area contributed by atoms with E-state index in [0.29, 0.717) is 12.5 Å². The fraction of sp³-hybridized carbons (Fsp3) is 0.562. The van der Waals surface area contributed by atoms with Gasteiger partial charge in [0.15, 0.2) is 5.96 Å². The van der Waals surface area contributed by atoms with Gasteiger partial charge in [-0.15, -0.1) is 35.3 Å². The summed E-state index contributed by atoms with van der Waals surface area (Å²) >= 11 is 1.72. The summed E-state index contributed by atoms with van der Waals surface area (Å²) in [5.41, 5.74) is 1.08. The molecule has 1 unspecified atom stereocenters. The SMILES string of the molecule is CCNC(=NCc1sc(C)nc1C)NCC(C)Cn1cccn1.I. The van der Waals surface area contributed by atoms with Gasteiger partial charge in [0.25, 0.3) is 0 Å². The molecule has 0 aliphatic carbocycles. The van der Waals surface area contributed by atoms with Crippen LogP contribution < -0.4 is 10.6 Å². The summed E-state index contributed by atoms with van der Waals surface area (Å²) in [6.45, 7) is 11.6. The van der Waals surface area contributed by atoms with Crippen molar-refractivity contribution < 1.29 is 0 Å². The number of rotatable bonds is 7. The molecule has 0 aromatic carbocycles. The minimum atomic E-state index is 0. The number of nitrogens with one attached hydrogen (secondary N) is 2. The average molecular weight is 462 g/mol. The van der Waals surface area contributed by atoms with Crippen molar-refractivity contribution in [2.24, 2.45) is 10.9 Å². The maximum Gasteiger partial charge on any atom is 0.191 e. The molecule has 2 heterocycles. The number of aliphatic imine (C=N–C) groups is 1. The number of aromatic nitrogens is 3. The summed E-state index contributed by atoms with van der Waals surface area (Å²) in [5, 5.41) is 12.0. The lowest BCUT2D eigenvalue weighted by Crippen LogP contribution is -2.40. The van der Waals surface area contributed by atoms with E-state index in [1.54, 1.807) is 11.3 Å². The second-order valence-electron chi connectivity index (χ2n) is 5.65. The number of halogens is 1. The Morgan fingerprint density at radius 2 is 2.17 bits per heavy atom. The van der Waals surface area contributed by atoms with E-state index in [1.807, 2.05) is 37.0 Å². The van der Waals surface area contributed by atoms with Crippen molar-refractivity contribution in [1.29, 1.82) is 0 Å². The lowest BCUT2D eigenvalue weighted by Gasteiger charge is -2.16. The lowest BCUT2D eigenvalue weighted by atomic mass is 10.2. The third-order valence-electron chi connectivity index (χ3n) is 3.40. The predicted molar refractivity (Wildman–Crippen MR) is 111 cm³/mol. The average Bonchev–Trinajstić information content (AvgIpc) is 3.11. The molecule has 2 aromatic heterocycles. The normalized spacial score (nSPS) is 12.6. The summed E-state index contributed by atoms with van der Waals surface area (Å²) in [6.07, 6.45) is 3.80. The Morgan fingerprint density at radius 1 is 1.38 bits per heavy atom. The van der Waals surface area contributed by atoms with E-state index in [1.165, 1.54) is 4.88 Å². The Hall–Kier alpha value is -1.16. The molecule has 0 radical (unpaired) electrons. The van der Waals surface area contributed by atoms with Crippen molar-refractivity contribution in [3.05, 3.63) is 34.0 Å². The quantitative estimate of drug-likeness (QED) is 0.377. The minimum Gasteiger partial charge on any atom is -0.357 e. The van der Waals surface area contributed by atoms with Crippen molar-refractivity contribution in [3.63, 3.8) is 0 Å². The second kappa shape index (κ2) is 10.7. The Labute approximate surface area is 165 Å². The van der Waals surface area contributed by atoms with E-state index in [4.69, 9.17) is 0 Å². The molecular formula is C16H27IN6S. The molecule has 8 heteroatoms. The third kappa shape index (κ3) is 6.76. The highest BCUT2D eigenvalue weighted by molar-refractivity contribution is 14.0. The summed E-state index contributed by atoms with van der Waals surface area (Å²) < 4.78 is 1.96. The zero-order valence-electron chi connectivity index (χ0n) is 14.7. The van der Waals surface area contributed by atoms with Gasteiger partial charge < -0.3 is 10.6 Å². The first-order chi connectivity index (χ1) is 11.1. The molecule has 2 N–H and O–H groups in total. The van der Waals surface area contributed by atoms with E-state index in [0.717, 1.165) is 36.3 Å². The van der Waals surface area contributed by atoms with Crippen LogP contribution in [0.1, 0.15) is 29.4 Å². The zero-order valence-corrected chi connectivity index (χ0v) is 17.9. The molecule has 0 bridgehead atoms. The van der Waals surface area contributed by atoms with E-state index < -0.39 is 0 Å². The molecule has 2 aromatic rings. The molecule has 6 nitrogen and oxygen atoms in total. The largest absolute Gasteiger partial charge is 0.357 e. The fourth-order valence-electron chi connectivity index (χ4n) is 2.28. The van der Waals surface area contributed by atoms with E-state index in [-0.39, 0.29) is 24.0 Å². The number of thiazole rings is 1. The number of hydrogen-bond acceptors (Lipinski definition) is 4. The molecule has 0 aliphatic heterocycles. The van der Waals surface area contributed by atoms with Crippen LogP contribution in [0.15, 0.2) is 23.5 Å². The van der Waals surface area contributed by atoms with Crippen molar-refractivity contribution in [2.75, 3.05) is 13.1 Å². The van der Waals surface area contributed by atoms with Gasteiger partial charge in [0.2, 0.25) is 0 Å². The first kappa shape index (κ1) is 20.9. The lowest BCUT2D eigenvalue weighted by molar-refractivity contribution is 0.443. The van der Waals surface area contributed by atoms with Gasteiger partial charge in [-0.1, -0.05) is 6.92 Å². The topological polar surface area (TPSA) is 67.1 Å². The van der Waals surface area contributed by atoms with Crippen LogP contribution in [0.3, 0.4) is 0 Å². The highest BCUT2D eigenvalue weighted by atomic mass is 127. The maximum atomic E-state index is 4.67. The van der Waals surface area contributed by atoms with Gasteiger partial charge in [0.1, 0.15) is 0 Å². The first-order valence-corrected chi connectivity index (χ1v) is 8.82. The smallest absolute Gasteiger partial charge is 0.191 e.